The number of hydrogen-bond acceptors (Lipinski definition) is 6. The van der Waals surface area contributed by atoms with Crippen LogP contribution in [0.4, 0.5) is 5.82 Å². The molecule has 0 saturated carbocycles. The first-order valence-corrected chi connectivity index (χ1v) is 14.4. The lowest BCUT2D eigenvalue weighted by atomic mass is 10.2. The normalized spacial score (nSPS) is 18.4. The second-order valence-electron chi connectivity index (χ2n) is 9.51. The lowest BCUT2D eigenvalue weighted by Gasteiger charge is -2.43. The average molecular weight is 510 g/mol. The number of ether oxygens (including phenoxy) is 1. The zero-order valence-electron chi connectivity index (χ0n) is 20.4. The molecule has 0 radical (unpaired) electrons. The predicted octanol–water partition coefficient (Wildman–Crippen LogP) is 3.37. The molecule has 1 N–H and O–H groups in total. The van der Waals surface area contributed by atoms with Crippen molar-refractivity contribution in [2.45, 2.75) is 43.5 Å². The fourth-order valence-electron chi connectivity index (χ4n) is 4.51. The Hall–Kier alpha value is -2.72. The van der Waals surface area contributed by atoms with Crippen LogP contribution in [0, 0.1) is 0 Å². The molecule has 7 nitrogen and oxygen atoms in total. The number of carbonyl (C=O) groups is 1. The third-order valence-electron chi connectivity index (χ3n) is 6.03. The quantitative estimate of drug-likeness (QED) is 0.492. The molecule has 0 bridgehead atoms. The molecule has 35 heavy (non-hydrogen) atoms. The molecule has 3 aromatic rings. The molecule has 0 unspecified atom stereocenters. The minimum Gasteiger partial charge on any atom is -0.404 e. The zero-order chi connectivity index (χ0) is 25.1. The van der Waals surface area contributed by atoms with Crippen molar-refractivity contribution in [3.63, 3.8) is 0 Å². The maximum atomic E-state index is 12.5. The molecule has 1 aromatic heterocycles. The van der Waals surface area contributed by atoms with Gasteiger partial charge >= 0.3 is 5.69 Å². The molecular formula is C26H31N3O4SSi. The topological polar surface area (TPSA) is 82.5 Å². The van der Waals surface area contributed by atoms with Gasteiger partial charge in [0.25, 0.3) is 8.32 Å². The standard InChI is InChI=1S/C26H31N3O4SSi/c1-19(30)27-22-15-16-29(25(31)28-22)23-17-32-24(34-23)18-33-35(26(2,3)4,20-11-7-5-8-12-20)21-13-9-6-10-14-21/h5-16,23-24H,17-18H2,1-4H3,(H,27,28,30,31)/t23-,24+/m0/s1. The lowest BCUT2D eigenvalue weighted by Crippen LogP contribution is -2.67. The molecule has 4 rings (SSSR count). The van der Waals surface area contributed by atoms with Gasteiger partial charge in [0.2, 0.25) is 5.91 Å². The van der Waals surface area contributed by atoms with Crippen LogP contribution in [-0.4, -0.2) is 42.4 Å². The van der Waals surface area contributed by atoms with Gasteiger partial charge in [-0.25, -0.2) is 4.79 Å². The Labute approximate surface area is 211 Å². The van der Waals surface area contributed by atoms with E-state index in [1.807, 2.05) is 12.1 Å². The van der Waals surface area contributed by atoms with Crippen molar-refractivity contribution >= 4 is 42.2 Å². The van der Waals surface area contributed by atoms with E-state index in [9.17, 15) is 9.59 Å². The van der Waals surface area contributed by atoms with E-state index in [1.165, 1.54) is 17.3 Å². The summed E-state index contributed by atoms with van der Waals surface area (Å²) in [5.74, 6) is -0.0250. The summed E-state index contributed by atoms with van der Waals surface area (Å²) in [6.45, 7) is 8.89. The molecule has 2 atom stereocenters. The first-order valence-electron chi connectivity index (χ1n) is 11.6. The molecule has 1 amide bonds. The third-order valence-corrected chi connectivity index (χ3v) is 12.3. The maximum absolute atomic E-state index is 12.5. The first-order chi connectivity index (χ1) is 16.7. The molecule has 1 fully saturated rings. The van der Waals surface area contributed by atoms with Crippen LogP contribution in [0.2, 0.25) is 5.04 Å². The van der Waals surface area contributed by atoms with Gasteiger partial charge in [0.1, 0.15) is 16.6 Å². The van der Waals surface area contributed by atoms with Crippen molar-refractivity contribution in [2.75, 3.05) is 18.5 Å². The van der Waals surface area contributed by atoms with Gasteiger partial charge in [-0.3, -0.25) is 9.36 Å². The van der Waals surface area contributed by atoms with Crippen LogP contribution in [0.3, 0.4) is 0 Å². The van der Waals surface area contributed by atoms with Crippen molar-refractivity contribution in [1.29, 1.82) is 0 Å². The number of hydrogen-bond donors (Lipinski definition) is 1. The van der Waals surface area contributed by atoms with E-state index < -0.39 is 14.0 Å². The first kappa shape index (κ1) is 25.4. The Morgan fingerprint density at radius 3 is 2.23 bits per heavy atom. The van der Waals surface area contributed by atoms with Crippen LogP contribution in [0.1, 0.15) is 33.1 Å². The van der Waals surface area contributed by atoms with Gasteiger partial charge < -0.3 is 14.5 Å². The van der Waals surface area contributed by atoms with Crippen molar-refractivity contribution in [3.05, 3.63) is 83.4 Å². The highest BCUT2D eigenvalue weighted by atomic mass is 32.2. The summed E-state index contributed by atoms with van der Waals surface area (Å²) in [6, 6.07) is 22.6. The van der Waals surface area contributed by atoms with Crippen LogP contribution >= 0.6 is 11.8 Å². The SMILES string of the molecule is CC(=O)Nc1ccn([C@@H]2CO[C@@H](CO[Si](c3ccccc3)(c3ccccc3)C(C)(C)C)S2)c(=O)n1. The zero-order valence-corrected chi connectivity index (χ0v) is 22.2. The Kier molecular flexibility index (Phi) is 7.61. The summed E-state index contributed by atoms with van der Waals surface area (Å²) in [4.78, 5) is 27.7. The van der Waals surface area contributed by atoms with Crippen molar-refractivity contribution in [3.8, 4) is 0 Å². The molecule has 1 aliphatic rings. The average Bonchev–Trinajstić information content (AvgIpc) is 3.28. The number of benzene rings is 2. The molecule has 0 aliphatic carbocycles. The summed E-state index contributed by atoms with van der Waals surface area (Å²) >= 11 is 1.55. The lowest BCUT2D eigenvalue weighted by molar-refractivity contribution is -0.114. The molecule has 1 aliphatic heterocycles. The van der Waals surface area contributed by atoms with Gasteiger partial charge in [-0.1, -0.05) is 81.4 Å². The van der Waals surface area contributed by atoms with E-state index in [4.69, 9.17) is 9.16 Å². The molecular weight excluding hydrogens is 478 g/mol. The fraction of sp³-hybridized carbons (Fsp3) is 0.346. The van der Waals surface area contributed by atoms with Crippen LogP contribution in [0.15, 0.2) is 77.7 Å². The minimum atomic E-state index is -2.67. The second-order valence-corrected chi connectivity index (χ2v) is 15.2. The molecule has 2 heterocycles. The van der Waals surface area contributed by atoms with Crippen LogP contribution < -0.4 is 21.4 Å². The molecule has 2 aromatic carbocycles. The van der Waals surface area contributed by atoms with Crippen LogP contribution in [0.25, 0.3) is 0 Å². The Morgan fingerprint density at radius 2 is 1.71 bits per heavy atom. The molecule has 9 heteroatoms. The van der Waals surface area contributed by atoms with Gasteiger partial charge in [0.05, 0.1) is 13.2 Å². The largest absolute Gasteiger partial charge is 0.404 e. The third kappa shape index (κ3) is 5.43. The van der Waals surface area contributed by atoms with Crippen molar-refractivity contribution < 1.29 is 14.0 Å². The summed E-state index contributed by atoms with van der Waals surface area (Å²) in [5.41, 5.74) is -0.644. The van der Waals surface area contributed by atoms with Crippen molar-refractivity contribution in [2.24, 2.45) is 0 Å². The van der Waals surface area contributed by atoms with E-state index >= 15 is 0 Å². The Bertz CT molecular complexity index is 1180. The van der Waals surface area contributed by atoms with Gasteiger partial charge in [0, 0.05) is 13.1 Å². The summed E-state index contributed by atoms with van der Waals surface area (Å²) < 4.78 is 14.6. The molecule has 1 saturated heterocycles. The van der Waals surface area contributed by atoms with Gasteiger partial charge in [0.15, 0.2) is 0 Å². The highest BCUT2D eigenvalue weighted by Gasteiger charge is 2.50. The summed E-state index contributed by atoms with van der Waals surface area (Å²) in [7, 11) is -2.67. The number of aromatic nitrogens is 2. The second kappa shape index (κ2) is 10.5. The smallest absolute Gasteiger partial charge is 0.350 e. The predicted molar refractivity (Wildman–Crippen MR) is 143 cm³/mol. The molecule has 184 valence electrons. The number of nitrogens with zero attached hydrogens (tertiary/aromatic N) is 2. The number of anilines is 1. The van der Waals surface area contributed by atoms with Crippen molar-refractivity contribution in [1.82, 2.24) is 9.55 Å². The number of thioether (sulfide) groups is 1. The number of amides is 1. The minimum absolute atomic E-state index is 0.126. The van der Waals surface area contributed by atoms with Crippen LogP contribution in [0.5, 0.6) is 0 Å². The highest BCUT2D eigenvalue weighted by Crippen LogP contribution is 2.39. The fourth-order valence-corrected chi connectivity index (χ4v) is 10.3. The van der Waals surface area contributed by atoms with E-state index in [-0.39, 0.29) is 27.6 Å². The van der Waals surface area contributed by atoms with E-state index in [1.54, 1.807) is 28.6 Å². The number of carbonyl (C=O) groups excluding carboxylic acids is 1. The van der Waals surface area contributed by atoms with Gasteiger partial charge in [-0.2, -0.15) is 4.98 Å². The van der Waals surface area contributed by atoms with Gasteiger partial charge in [-0.05, 0) is 21.5 Å². The highest BCUT2D eigenvalue weighted by molar-refractivity contribution is 8.00. The monoisotopic (exact) mass is 509 g/mol. The van der Waals surface area contributed by atoms with E-state index in [0.717, 1.165) is 0 Å². The van der Waals surface area contributed by atoms with E-state index in [0.29, 0.717) is 13.2 Å². The maximum Gasteiger partial charge on any atom is 0.350 e. The summed E-state index contributed by atoms with van der Waals surface area (Å²) in [5, 5.41) is 4.63. The Balaban J connectivity index is 1.56. The number of nitrogens with one attached hydrogen (secondary N) is 1. The summed E-state index contributed by atoms with van der Waals surface area (Å²) in [6.07, 6.45) is 1.65. The van der Waals surface area contributed by atoms with Gasteiger partial charge in [-0.15, -0.1) is 11.8 Å². The van der Waals surface area contributed by atoms with E-state index in [2.05, 4.69) is 79.6 Å². The molecule has 0 spiro atoms. The number of rotatable bonds is 7. The van der Waals surface area contributed by atoms with Crippen LogP contribution in [-0.2, 0) is 14.0 Å². The Morgan fingerprint density at radius 1 is 1.11 bits per heavy atom.